The number of aromatic nitrogens is 2. The van der Waals surface area contributed by atoms with Gasteiger partial charge in [-0.2, -0.15) is 5.10 Å². The summed E-state index contributed by atoms with van der Waals surface area (Å²) in [4.78, 5) is 4.99. The molecule has 1 fully saturated rings. The molecule has 1 aromatic carbocycles. The minimum Gasteiger partial charge on any atom is -0.496 e. The molecule has 0 aliphatic carbocycles. The van der Waals surface area contributed by atoms with Crippen LogP contribution >= 0.6 is 22.6 Å². The number of nitrogens with zero attached hydrogens (tertiary/aromatic N) is 4. The number of hydrogen-bond acceptors (Lipinski definition) is 4. The van der Waals surface area contributed by atoms with Gasteiger partial charge in [-0.25, -0.2) is 0 Å². The third-order valence-electron chi connectivity index (χ3n) is 5.49. The zero-order valence-electron chi connectivity index (χ0n) is 17.0. The molecule has 0 saturated carbocycles. The van der Waals surface area contributed by atoms with Crippen molar-refractivity contribution < 1.29 is 4.74 Å². The maximum Gasteiger partial charge on any atom is 0.123 e. The van der Waals surface area contributed by atoms with Crippen molar-refractivity contribution >= 4 is 22.6 Å². The summed E-state index contributed by atoms with van der Waals surface area (Å²) in [6.07, 6.45) is 2.31. The van der Waals surface area contributed by atoms with Gasteiger partial charge in [0, 0.05) is 37.4 Å². The summed E-state index contributed by atoms with van der Waals surface area (Å²) in [6, 6.07) is 6.61. The molecule has 148 valence electrons. The zero-order valence-corrected chi connectivity index (χ0v) is 19.1. The van der Waals surface area contributed by atoms with Gasteiger partial charge in [-0.1, -0.05) is 12.1 Å². The van der Waals surface area contributed by atoms with E-state index in [0.29, 0.717) is 0 Å². The van der Waals surface area contributed by atoms with Gasteiger partial charge in [-0.3, -0.25) is 4.68 Å². The molecule has 0 radical (unpaired) electrons. The topological polar surface area (TPSA) is 33.5 Å². The summed E-state index contributed by atoms with van der Waals surface area (Å²) >= 11 is 2.38. The minimum absolute atomic E-state index is 0.755. The Labute approximate surface area is 176 Å². The van der Waals surface area contributed by atoms with Crippen LogP contribution in [0.2, 0.25) is 0 Å². The van der Waals surface area contributed by atoms with Crippen molar-refractivity contribution in [3.05, 3.63) is 44.3 Å². The van der Waals surface area contributed by atoms with Crippen LogP contribution in [0.5, 0.6) is 5.75 Å². The largest absolute Gasteiger partial charge is 0.496 e. The molecule has 27 heavy (non-hydrogen) atoms. The molecule has 1 aliphatic rings. The lowest BCUT2D eigenvalue weighted by atomic mass is 10.0. The molecule has 2 aromatic rings. The smallest absolute Gasteiger partial charge is 0.123 e. The average molecular weight is 482 g/mol. The van der Waals surface area contributed by atoms with Crippen molar-refractivity contribution in [1.82, 2.24) is 19.6 Å². The predicted molar refractivity (Wildman–Crippen MR) is 119 cm³/mol. The molecule has 0 atom stereocenters. The fraction of sp³-hybridized carbons (Fsp3) is 0.571. The quantitative estimate of drug-likeness (QED) is 0.567. The number of piperazine rings is 1. The Balaban J connectivity index is 1.63. The van der Waals surface area contributed by atoms with Crippen LogP contribution in [0.3, 0.4) is 0 Å². The zero-order chi connectivity index (χ0) is 19.4. The Bertz CT molecular complexity index is 766. The fourth-order valence-corrected chi connectivity index (χ4v) is 4.07. The van der Waals surface area contributed by atoms with Gasteiger partial charge >= 0.3 is 0 Å². The van der Waals surface area contributed by atoms with E-state index in [-0.39, 0.29) is 0 Å². The highest BCUT2D eigenvalue weighted by molar-refractivity contribution is 14.1. The van der Waals surface area contributed by atoms with Crippen molar-refractivity contribution in [2.45, 2.75) is 33.2 Å². The van der Waals surface area contributed by atoms with Crippen LogP contribution in [0.25, 0.3) is 0 Å². The molecule has 6 heteroatoms. The molecule has 1 aromatic heterocycles. The maximum absolute atomic E-state index is 5.60. The number of aryl methyl sites for hydroxylation is 2. The normalized spacial score (nSPS) is 16.0. The lowest BCUT2D eigenvalue weighted by Crippen LogP contribution is -2.44. The third kappa shape index (κ3) is 5.23. The van der Waals surface area contributed by atoms with Crippen LogP contribution < -0.4 is 4.74 Å². The standard InChI is InChI=1S/C21H31IN4O/c1-16-21(22)17(2)26(23-16)15-19-14-18(7-8-20(19)27-4)6-5-9-25-12-10-24(3)11-13-25/h7-8,14H,5-6,9-13,15H2,1-4H3. The van der Waals surface area contributed by atoms with Gasteiger partial charge < -0.3 is 14.5 Å². The van der Waals surface area contributed by atoms with E-state index in [4.69, 9.17) is 4.74 Å². The number of methoxy groups -OCH3 is 1. The van der Waals surface area contributed by atoms with Gasteiger partial charge in [0.05, 0.1) is 22.9 Å². The third-order valence-corrected chi connectivity index (χ3v) is 7.05. The second kappa shape index (κ2) is 9.39. The number of ether oxygens (including phenoxy) is 1. The highest BCUT2D eigenvalue weighted by Gasteiger charge is 2.14. The number of benzene rings is 1. The van der Waals surface area contributed by atoms with E-state index in [1.807, 2.05) is 0 Å². The minimum atomic E-state index is 0.755. The van der Waals surface area contributed by atoms with Gasteiger partial charge in [0.15, 0.2) is 0 Å². The Morgan fingerprint density at radius 2 is 1.89 bits per heavy atom. The van der Waals surface area contributed by atoms with Crippen molar-refractivity contribution in [2.75, 3.05) is 46.9 Å². The molecule has 5 nitrogen and oxygen atoms in total. The van der Waals surface area contributed by atoms with E-state index >= 15 is 0 Å². The average Bonchev–Trinajstić information content (AvgIpc) is 2.90. The number of rotatable bonds is 7. The molecule has 0 spiro atoms. The second-order valence-electron chi connectivity index (χ2n) is 7.54. The summed E-state index contributed by atoms with van der Waals surface area (Å²) in [5.74, 6) is 0.945. The number of halogens is 1. The van der Waals surface area contributed by atoms with Gasteiger partial charge in [-0.15, -0.1) is 0 Å². The molecule has 2 heterocycles. The van der Waals surface area contributed by atoms with Crippen LogP contribution in [0.4, 0.5) is 0 Å². The van der Waals surface area contributed by atoms with E-state index in [9.17, 15) is 0 Å². The van der Waals surface area contributed by atoms with Crippen LogP contribution in [-0.4, -0.2) is 66.5 Å². The first-order chi connectivity index (χ1) is 13.0. The highest BCUT2D eigenvalue weighted by atomic mass is 127. The highest BCUT2D eigenvalue weighted by Crippen LogP contribution is 2.24. The van der Waals surface area contributed by atoms with Gasteiger partial charge in [0.1, 0.15) is 5.75 Å². The first kappa shape index (κ1) is 20.6. The molecule has 3 rings (SSSR count). The van der Waals surface area contributed by atoms with Crippen molar-refractivity contribution in [1.29, 1.82) is 0 Å². The van der Waals surface area contributed by atoms with Crippen molar-refractivity contribution in [3.63, 3.8) is 0 Å². The van der Waals surface area contributed by atoms with E-state index in [2.05, 4.69) is 81.3 Å². The van der Waals surface area contributed by atoms with E-state index in [1.54, 1.807) is 7.11 Å². The second-order valence-corrected chi connectivity index (χ2v) is 8.62. The summed E-state index contributed by atoms with van der Waals surface area (Å²) < 4.78 is 8.93. The Morgan fingerprint density at radius 3 is 2.52 bits per heavy atom. The van der Waals surface area contributed by atoms with Crippen molar-refractivity contribution in [3.8, 4) is 5.75 Å². The number of likely N-dealkylation sites (N-methyl/N-ethyl adjacent to an activating group) is 1. The van der Waals surface area contributed by atoms with E-state index in [0.717, 1.165) is 24.4 Å². The molecule has 0 N–H and O–H groups in total. The Kier molecular flexibility index (Phi) is 7.16. The predicted octanol–water partition coefficient (Wildman–Crippen LogP) is 3.34. The fourth-order valence-electron chi connectivity index (χ4n) is 3.68. The molecular formula is C21H31IN4O. The monoisotopic (exact) mass is 482 g/mol. The maximum atomic E-state index is 5.60. The van der Waals surface area contributed by atoms with E-state index < -0.39 is 0 Å². The van der Waals surface area contributed by atoms with Gasteiger partial charge in [-0.05, 0) is 74.5 Å². The first-order valence-electron chi connectivity index (χ1n) is 9.74. The number of hydrogen-bond donors (Lipinski definition) is 0. The van der Waals surface area contributed by atoms with E-state index in [1.165, 1.54) is 59.5 Å². The Morgan fingerprint density at radius 1 is 1.15 bits per heavy atom. The molecule has 0 unspecified atom stereocenters. The summed E-state index contributed by atoms with van der Waals surface area (Å²) in [7, 11) is 3.96. The van der Waals surface area contributed by atoms with Crippen LogP contribution in [-0.2, 0) is 13.0 Å². The summed E-state index contributed by atoms with van der Waals surface area (Å²) in [5, 5.41) is 4.68. The lowest BCUT2D eigenvalue weighted by Gasteiger charge is -2.32. The molecule has 0 bridgehead atoms. The molecule has 1 saturated heterocycles. The SMILES string of the molecule is COc1ccc(CCCN2CCN(C)CC2)cc1Cn1nc(C)c(I)c1C. The van der Waals surface area contributed by atoms with Crippen molar-refractivity contribution in [2.24, 2.45) is 0 Å². The molecular weight excluding hydrogens is 451 g/mol. The first-order valence-corrected chi connectivity index (χ1v) is 10.8. The Hall–Kier alpha value is -1.12. The van der Waals surface area contributed by atoms with Gasteiger partial charge in [0.25, 0.3) is 0 Å². The van der Waals surface area contributed by atoms with Crippen LogP contribution in [0, 0.1) is 17.4 Å². The molecule has 0 amide bonds. The summed E-state index contributed by atoms with van der Waals surface area (Å²) in [6.45, 7) is 10.9. The van der Waals surface area contributed by atoms with Crippen LogP contribution in [0.1, 0.15) is 28.9 Å². The molecule has 1 aliphatic heterocycles. The lowest BCUT2D eigenvalue weighted by molar-refractivity contribution is 0.153. The van der Waals surface area contributed by atoms with Gasteiger partial charge in [0.2, 0.25) is 0 Å². The van der Waals surface area contributed by atoms with Crippen LogP contribution in [0.15, 0.2) is 18.2 Å². The summed E-state index contributed by atoms with van der Waals surface area (Å²) in [5.41, 5.74) is 4.90.